The minimum atomic E-state index is 0.878. The van der Waals surface area contributed by atoms with Gasteiger partial charge in [-0.05, 0) is 47.9 Å². The molecule has 2 heteroatoms. The lowest BCUT2D eigenvalue weighted by molar-refractivity contribution is 0.416. The van der Waals surface area contributed by atoms with Gasteiger partial charge < -0.3 is 10.1 Å². The van der Waals surface area contributed by atoms with E-state index in [1.165, 1.54) is 5.56 Å². The molecule has 0 fully saturated rings. The average molecular weight is 303 g/mol. The first kappa shape index (κ1) is 15.2. The Morgan fingerprint density at radius 2 is 1.52 bits per heavy atom. The van der Waals surface area contributed by atoms with Gasteiger partial charge in [-0.15, -0.1) is 0 Å². The molecule has 0 saturated carbocycles. The van der Waals surface area contributed by atoms with Crippen molar-refractivity contribution in [2.75, 3.05) is 12.4 Å². The maximum absolute atomic E-state index is 5.51. The van der Waals surface area contributed by atoms with E-state index in [1.54, 1.807) is 7.11 Å². The summed E-state index contributed by atoms with van der Waals surface area (Å²) < 4.78 is 5.51. The van der Waals surface area contributed by atoms with Crippen molar-refractivity contribution in [2.24, 2.45) is 0 Å². The van der Waals surface area contributed by atoms with Crippen LogP contribution in [0, 0.1) is 0 Å². The topological polar surface area (TPSA) is 21.3 Å². The van der Waals surface area contributed by atoms with Crippen molar-refractivity contribution >= 4 is 11.4 Å². The van der Waals surface area contributed by atoms with Crippen LogP contribution in [-0.4, -0.2) is 7.11 Å². The van der Waals surface area contributed by atoms with Crippen molar-refractivity contribution < 1.29 is 4.74 Å². The van der Waals surface area contributed by atoms with Gasteiger partial charge in [0.15, 0.2) is 0 Å². The minimum Gasteiger partial charge on any atom is -0.496 e. The molecule has 3 aromatic carbocycles. The van der Waals surface area contributed by atoms with Crippen molar-refractivity contribution in [3.05, 3.63) is 78.4 Å². The van der Waals surface area contributed by atoms with Gasteiger partial charge in [-0.1, -0.05) is 49.4 Å². The van der Waals surface area contributed by atoms with Crippen LogP contribution in [0.2, 0.25) is 0 Å². The average Bonchev–Trinajstić information content (AvgIpc) is 2.63. The third-order valence-electron chi connectivity index (χ3n) is 3.94. The Morgan fingerprint density at radius 1 is 0.826 bits per heavy atom. The van der Waals surface area contributed by atoms with Crippen molar-refractivity contribution in [3.8, 4) is 16.9 Å². The van der Waals surface area contributed by atoms with E-state index in [2.05, 4.69) is 54.7 Å². The van der Waals surface area contributed by atoms with Crippen molar-refractivity contribution in [1.82, 2.24) is 0 Å². The smallest absolute Gasteiger partial charge is 0.126 e. The van der Waals surface area contributed by atoms with Gasteiger partial charge in [0.1, 0.15) is 5.75 Å². The number of methoxy groups -OCH3 is 1. The summed E-state index contributed by atoms with van der Waals surface area (Å²) in [6.45, 7) is 2.16. The molecule has 0 bridgehead atoms. The number of ether oxygens (including phenoxy) is 1. The largest absolute Gasteiger partial charge is 0.496 e. The Bertz CT molecular complexity index is 764. The van der Waals surface area contributed by atoms with Crippen LogP contribution in [0.3, 0.4) is 0 Å². The number of aryl methyl sites for hydroxylation is 1. The zero-order chi connectivity index (χ0) is 16.1. The van der Waals surface area contributed by atoms with Gasteiger partial charge in [-0.25, -0.2) is 0 Å². The van der Waals surface area contributed by atoms with E-state index in [0.29, 0.717) is 0 Å². The number of benzene rings is 3. The highest BCUT2D eigenvalue weighted by atomic mass is 16.5. The fourth-order valence-corrected chi connectivity index (χ4v) is 2.62. The molecule has 23 heavy (non-hydrogen) atoms. The molecule has 3 aromatic rings. The molecule has 0 spiro atoms. The Kier molecular flexibility index (Phi) is 4.62. The number of nitrogens with one attached hydrogen (secondary N) is 1. The number of anilines is 2. The summed E-state index contributed by atoms with van der Waals surface area (Å²) in [7, 11) is 1.71. The van der Waals surface area contributed by atoms with Crippen LogP contribution in [0.5, 0.6) is 5.75 Å². The summed E-state index contributed by atoms with van der Waals surface area (Å²) in [5, 5.41) is 3.46. The van der Waals surface area contributed by atoms with Crippen LogP contribution in [0.4, 0.5) is 11.4 Å². The van der Waals surface area contributed by atoms with Crippen LogP contribution < -0.4 is 10.1 Å². The molecular formula is C21H21NO. The molecule has 0 aliphatic carbocycles. The zero-order valence-electron chi connectivity index (χ0n) is 13.5. The normalized spacial score (nSPS) is 10.3. The maximum atomic E-state index is 5.51. The fraction of sp³-hybridized carbons (Fsp3) is 0.143. The molecule has 1 N–H and O–H groups in total. The first-order chi connectivity index (χ1) is 11.3. The Morgan fingerprint density at radius 3 is 2.17 bits per heavy atom. The number of rotatable bonds is 5. The monoisotopic (exact) mass is 303 g/mol. The second-order valence-electron chi connectivity index (χ2n) is 5.46. The molecule has 116 valence electrons. The fourth-order valence-electron chi connectivity index (χ4n) is 2.62. The summed E-state index contributed by atoms with van der Waals surface area (Å²) in [5.74, 6) is 0.878. The third kappa shape index (κ3) is 3.54. The Balaban J connectivity index is 1.91. The van der Waals surface area contributed by atoms with E-state index in [4.69, 9.17) is 4.74 Å². The highest BCUT2D eigenvalue weighted by Crippen LogP contribution is 2.33. The van der Waals surface area contributed by atoms with Crippen LogP contribution in [-0.2, 0) is 6.42 Å². The minimum absolute atomic E-state index is 0.878. The molecule has 0 heterocycles. The molecule has 0 aliphatic rings. The van der Waals surface area contributed by atoms with E-state index in [9.17, 15) is 0 Å². The van der Waals surface area contributed by atoms with Crippen LogP contribution in [0.25, 0.3) is 11.1 Å². The first-order valence-electron chi connectivity index (χ1n) is 7.89. The highest BCUT2D eigenvalue weighted by Gasteiger charge is 2.07. The second kappa shape index (κ2) is 7.01. The zero-order valence-corrected chi connectivity index (χ0v) is 13.5. The van der Waals surface area contributed by atoms with Crippen molar-refractivity contribution in [2.45, 2.75) is 13.3 Å². The van der Waals surface area contributed by atoms with Crippen LogP contribution >= 0.6 is 0 Å². The van der Waals surface area contributed by atoms with Gasteiger partial charge in [0, 0.05) is 16.9 Å². The van der Waals surface area contributed by atoms with E-state index in [-0.39, 0.29) is 0 Å². The summed E-state index contributed by atoms with van der Waals surface area (Å²) in [6, 6.07) is 25.0. The quantitative estimate of drug-likeness (QED) is 0.656. The summed E-state index contributed by atoms with van der Waals surface area (Å²) in [6.07, 6.45) is 1.06. The van der Waals surface area contributed by atoms with Crippen molar-refractivity contribution in [3.63, 3.8) is 0 Å². The van der Waals surface area contributed by atoms with Crippen LogP contribution in [0.15, 0.2) is 72.8 Å². The van der Waals surface area contributed by atoms with Crippen molar-refractivity contribution in [1.29, 1.82) is 0 Å². The van der Waals surface area contributed by atoms with Gasteiger partial charge in [0.25, 0.3) is 0 Å². The lowest BCUT2D eigenvalue weighted by Gasteiger charge is -2.13. The molecule has 3 rings (SSSR count). The first-order valence-corrected chi connectivity index (χ1v) is 7.89. The van der Waals surface area contributed by atoms with Gasteiger partial charge in [0.2, 0.25) is 0 Å². The lowest BCUT2D eigenvalue weighted by atomic mass is 10.0. The lowest BCUT2D eigenvalue weighted by Crippen LogP contribution is -1.93. The third-order valence-corrected chi connectivity index (χ3v) is 3.94. The van der Waals surface area contributed by atoms with E-state index < -0.39 is 0 Å². The van der Waals surface area contributed by atoms with E-state index in [0.717, 1.165) is 34.7 Å². The number of hydrogen-bond donors (Lipinski definition) is 1. The molecular weight excluding hydrogens is 282 g/mol. The summed E-state index contributed by atoms with van der Waals surface area (Å²) >= 11 is 0. The molecule has 0 atom stereocenters. The Labute approximate surface area is 137 Å². The van der Waals surface area contributed by atoms with Gasteiger partial charge in [-0.2, -0.15) is 0 Å². The van der Waals surface area contributed by atoms with Gasteiger partial charge in [0.05, 0.1) is 7.11 Å². The molecule has 0 amide bonds. The number of hydrogen-bond acceptors (Lipinski definition) is 2. The second-order valence-corrected chi connectivity index (χ2v) is 5.46. The Hall–Kier alpha value is -2.74. The highest BCUT2D eigenvalue weighted by molar-refractivity contribution is 5.76. The van der Waals surface area contributed by atoms with Crippen LogP contribution in [0.1, 0.15) is 12.5 Å². The molecule has 0 aliphatic heterocycles. The van der Waals surface area contributed by atoms with Gasteiger partial charge >= 0.3 is 0 Å². The standard InChI is InChI=1S/C21H21NO/c1-3-16-9-11-18(12-10-16)22-19-13-14-21(23-2)20(15-19)17-7-5-4-6-8-17/h4-15,22H,3H2,1-2H3. The predicted molar refractivity (Wildman–Crippen MR) is 97.5 cm³/mol. The summed E-state index contributed by atoms with van der Waals surface area (Å²) in [5.41, 5.74) is 5.72. The molecule has 0 radical (unpaired) electrons. The predicted octanol–water partition coefficient (Wildman–Crippen LogP) is 5.67. The summed E-state index contributed by atoms with van der Waals surface area (Å²) in [4.78, 5) is 0. The van der Waals surface area contributed by atoms with Gasteiger partial charge in [-0.3, -0.25) is 0 Å². The molecule has 0 saturated heterocycles. The molecule has 0 unspecified atom stereocenters. The molecule has 0 aromatic heterocycles. The van der Waals surface area contributed by atoms with E-state index >= 15 is 0 Å². The molecule has 2 nitrogen and oxygen atoms in total. The van der Waals surface area contributed by atoms with E-state index in [1.807, 2.05) is 30.3 Å². The maximum Gasteiger partial charge on any atom is 0.126 e. The SMILES string of the molecule is CCc1ccc(Nc2ccc(OC)c(-c3ccccc3)c2)cc1.